The minimum atomic E-state index is 0.0837. The highest BCUT2D eigenvalue weighted by atomic mass is 16.3. The Morgan fingerprint density at radius 1 is 1.17 bits per heavy atom. The fraction of sp³-hybridized carbons (Fsp3) is 0.368. The Hall–Kier alpha value is -2.20. The van der Waals surface area contributed by atoms with Gasteiger partial charge in [-0.2, -0.15) is 0 Å². The normalized spacial score (nSPS) is 17.4. The lowest BCUT2D eigenvalue weighted by molar-refractivity contribution is -0.129. The van der Waals surface area contributed by atoms with Crippen molar-refractivity contribution in [1.82, 2.24) is 9.88 Å². The molecule has 1 atom stereocenters. The maximum atomic E-state index is 12.4. The minimum Gasteiger partial charge on any atom is -0.392 e. The molecule has 2 aromatic rings. The second-order valence-electron chi connectivity index (χ2n) is 6.21. The van der Waals surface area contributed by atoms with E-state index in [0.717, 1.165) is 37.1 Å². The van der Waals surface area contributed by atoms with Gasteiger partial charge < -0.3 is 10.0 Å². The predicted octanol–water partition coefficient (Wildman–Crippen LogP) is 2.21. The van der Waals surface area contributed by atoms with Gasteiger partial charge in [0.25, 0.3) is 0 Å². The summed E-state index contributed by atoms with van der Waals surface area (Å²) in [5.41, 5.74) is 3.18. The highest BCUT2D eigenvalue weighted by molar-refractivity contribution is 5.78. The molecule has 0 saturated carbocycles. The number of carbonyl (C=O) groups excluding carboxylic acids is 1. The van der Waals surface area contributed by atoms with Gasteiger partial charge in [-0.25, -0.2) is 0 Å². The molecule has 1 aromatic heterocycles. The molecule has 1 aromatic carbocycles. The van der Waals surface area contributed by atoms with Gasteiger partial charge in [0.05, 0.1) is 13.0 Å². The van der Waals surface area contributed by atoms with E-state index in [9.17, 15) is 4.79 Å². The second-order valence-corrected chi connectivity index (χ2v) is 6.21. The summed E-state index contributed by atoms with van der Waals surface area (Å²) in [4.78, 5) is 18.4. The first-order chi connectivity index (χ1) is 11.2. The Morgan fingerprint density at radius 2 is 1.96 bits per heavy atom. The van der Waals surface area contributed by atoms with Crippen LogP contribution in [0.25, 0.3) is 0 Å². The average Bonchev–Trinajstić information content (AvgIpc) is 3.05. The molecule has 1 aliphatic heterocycles. The number of aromatic nitrogens is 1. The van der Waals surface area contributed by atoms with Gasteiger partial charge in [-0.15, -0.1) is 0 Å². The molecule has 0 spiro atoms. The molecular weight excluding hydrogens is 288 g/mol. The minimum absolute atomic E-state index is 0.0837. The summed E-state index contributed by atoms with van der Waals surface area (Å²) in [5, 5.41) is 9.08. The lowest BCUT2D eigenvalue weighted by Gasteiger charge is -2.16. The second kappa shape index (κ2) is 7.38. The topological polar surface area (TPSA) is 53.4 Å². The Labute approximate surface area is 136 Å². The van der Waals surface area contributed by atoms with Gasteiger partial charge in [0, 0.05) is 25.5 Å². The van der Waals surface area contributed by atoms with Gasteiger partial charge in [-0.05, 0) is 41.5 Å². The van der Waals surface area contributed by atoms with Crippen molar-refractivity contribution in [1.29, 1.82) is 0 Å². The molecule has 1 saturated heterocycles. The molecule has 4 heteroatoms. The van der Waals surface area contributed by atoms with Crippen LogP contribution in [0.2, 0.25) is 0 Å². The molecule has 1 N–H and O–H groups in total. The number of hydrogen-bond donors (Lipinski definition) is 1. The zero-order chi connectivity index (χ0) is 16.1. The first-order valence-electron chi connectivity index (χ1n) is 8.10. The number of likely N-dealkylation sites (tertiary alicyclic amines) is 1. The number of hydrogen-bond acceptors (Lipinski definition) is 3. The molecule has 1 fully saturated rings. The van der Waals surface area contributed by atoms with Crippen LogP contribution < -0.4 is 0 Å². The smallest absolute Gasteiger partial charge is 0.227 e. The van der Waals surface area contributed by atoms with Crippen LogP contribution in [0.3, 0.4) is 0 Å². The number of rotatable bonds is 5. The quantitative estimate of drug-likeness (QED) is 0.921. The molecule has 3 rings (SSSR count). The van der Waals surface area contributed by atoms with Crippen LogP contribution in [0.4, 0.5) is 0 Å². The number of aliphatic hydroxyl groups excluding tert-OH is 1. The van der Waals surface area contributed by atoms with Crippen LogP contribution in [0.1, 0.15) is 23.1 Å². The molecule has 1 unspecified atom stereocenters. The SMILES string of the molecule is O=C(Cc1cccnc1)N1CCC(Cc2ccc(CO)cc2)C1. The van der Waals surface area contributed by atoms with Crippen LogP contribution in [-0.2, 0) is 24.2 Å². The van der Waals surface area contributed by atoms with E-state index < -0.39 is 0 Å². The van der Waals surface area contributed by atoms with Gasteiger partial charge in [0.1, 0.15) is 0 Å². The summed E-state index contributed by atoms with van der Waals surface area (Å²) in [7, 11) is 0. The highest BCUT2D eigenvalue weighted by Gasteiger charge is 2.26. The van der Waals surface area contributed by atoms with Crippen LogP contribution in [-0.4, -0.2) is 34.0 Å². The zero-order valence-corrected chi connectivity index (χ0v) is 13.2. The molecular formula is C19H22N2O2. The van der Waals surface area contributed by atoms with Crippen molar-refractivity contribution in [3.8, 4) is 0 Å². The van der Waals surface area contributed by atoms with Gasteiger partial charge in [-0.3, -0.25) is 9.78 Å². The van der Waals surface area contributed by atoms with E-state index in [4.69, 9.17) is 5.11 Å². The van der Waals surface area contributed by atoms with E-state index in [2.05, 4.69) is 17.1 Å². The molecule has 0 radical (unpaired) electrons. The maximum absolute atomic E-state index is 12.4. The molecule has 120 valence electrons. The molecule has 0 aliphatic carbocycles. The van der Waals surface area contributed by atoms with Crippen molar-refractivity contribution in [3.63, 3.8) is 0 Å². The van der Waals surface area contributed by atoms with Gasteiger partial charge in [0.15, 0.2) is 0 Å². The largest absolute Gasteiger partial charge is 0.392 e. The van der Waals surface area contributed by atoms with Crippen molar-refractivity contribution in [2.75, 3.05) is 13.1 Å². The van der Waals surface area contributed by atoms with Crippen LogP contribution in [0, 0.1) is 5.92 Å². The lowest BCUT2D eigenvalue weighted by atomic mass is 9.98. The van der Waals surface area contributed by atoms with Gasteiger partial charge in [-0.1, -0.05) is 30.3 Å². The molecule has 1 amide bonds. The van der Waals surface area contributed by atoms with Gasteiger partial charge in [0.2, 0.25) is 5.91 Å². The average molecular weight is 310 g/mol. The molecule has 1 aliphatic rings. The lowest BCUT2D eigenvalue weighted by Crippen LogP contribution is -2.30. The fourth-order valence-corrected chi connectivity index (χ4v) is 3.13. The van der Waals surface area contributed by atoms with Crippen molar-refractivity contribution in [2.45, 2.75) is 25.9 Å². The van der Waals surface area contributed by atoms with Crippen LogP contribution >= 0.6 is 0 Å². The van der Waals surface area contributed by atoms with E-state index in [-0.39, 0.29) is 12.5 Å². The summed E-state index contributed by atoms with van der Waals surface area (Å²) < 4.78 is 0. The van der Waals surface area contributed by atoms with E-state index in [1.165, 1.54) is 5.56 Å². The fourth-order valence-electron chi connectivity index (χ4n) is 3.13. The summed E-state index contributed by atoms with van der Waals surface area (Å²) in [6.45, 7) is 1.76. The van der Waals surface area contributed by atoms with Crippen molar-refractivity contribution in [2.24, 2.45) is 5.92 Å². The number of aliphatic hydroxyl groups is 1. The van der Waals surface area contributed by atoms with E-state index in [1.54, 1.807) is 12.4 Å². The molecule has 23 heavy (non-hydrogen) atoms. The predicted molar refractivity (Wildman–Crippen MR) is 88.7 cm³/mol. The first kappa shape index (κ1) is 15.7. The summed E-state index contributed by atoms with van der Waals surface area (Å²) in [5.74, 6) is 0.712. The zero-order valence-electron chi connectivity index (χ0n) is 13.2. The number of nitrogens with zero attached hydrogens (tertiary/aromatic N) is 2. The van der Waals surface area contributed by atoms with Crippen molar-refractivity contribution >= 4 is 5.91 Å². The molecule has 4 nitrogen and oxygen atoms in total. The summed E-state index contributed by atoms with van der Waals surface area (Å²) >= 11 is 0. The first-order valence-corrected chi connectivity index (χ1v) is 8.10. The van der Waals surface area contributed by atoms with Crippen LogP contribution in [0.5, 0.6) is 0 Å². The Kier molecular flexibility index (Phi) is 5.03. The highest BCUT2D eigenvalue weighted by Crippen LogP contribution is 2.22. The maximum Gasteiger partial charge on any atom is 0.227 e. The Balaban J connectivity index is 1.52. The molecule has 2 heterocycles. The monoisotopic (exact) mass is 310 g/mol. The van der Waals surface area contributed by atoms with Crippen molar-refractivity contribution in [3.05, 3.63) is 65.5 Å². The third kappa shape index (κ3) is 4.17. The third-order valence-corrected chi connectivity index (χ3v) is 4.45. The molecule has 0 bridgehead atoms. The van der Waals surface area contributed by atoms with Gasteiger partial charge >= 0.3 is 0 Å². The standard InChI is InChI=1S/C19H22N2O2/c22-14-16-5-3-15(4-6-16)10-18-7-9-21(13-18)19(23)11-17-2-1-8-20-12-17/h1-6,8,12,18,22H,7,9-11,13-14H2. The number of benzene rings is 1. The third-order valence-electron chi connectivity index (χ3n) is 4.45. The number of carbonyl (C=O) groups is 1. The number of amides is 1. The number of pyridine rings is 1. The van der Waals surface area contributed by atoms with E-state index >= 15 is 0 Å². The van der Waals surface area contributed by atoms with E-state index in [1.807, 2.05) is 29.2 Å². The Morgan fingerprint density at radius 3 is 2.65 bits per heavy atom. The Bertz CT molecular complexity index is 640. The van der Waals surface area contributed by atoms with E-state index in [0.29, 0.717) is 12.3 Å². The summed E-state index contributed by atoms with van der Waals surface area (Å²) in [6, 6.07) is 11.9. The van der Waals surface area contributed by atoms with Crippen molar-refractivity contribution < 1.29 is 9.90 Å². The van der Waals surface area contributed by atoms with Crippen LogP contribution in [0.15, 0.2) is 48.8 Å². The summed E-state index contributed by atoms with van der Waals surface area (Å²) in [6.07, 6.45) is 5.96.